The fourth-order valence-electron chi connectivity index (χ4n) is 3.46. The van der Waals surface area contributed by atoms with Crippen molar-refractivity contribution in [3.8, 4) is 0 Å². The van der Waals surface area contributed by atoms with E-state index in [1.807, 2.05) is 42.5 Å². The molecule has 1 heterocycles. The maximum Gasteiger partial charge on any atom is 0.311 e. The molecule has 1 saturated heterocycles. The molecular formula is C23H24N2O4. The summed E-state index contributed by atoms with van der Waals surface area (Å²) >= 11 is 0. The van der Waals surface area contributed by atoms with E-state index in [-0.39, 0.29) is 24.3 Å². The van der Waals surface area contributed by atoms with E-state index in [1.165, 1.54) is 0 Å². The molecule has 1 atom stereocenters. The molecule has 2 aliphatic rings. The number of nitrogens with one attached hydrogen (secondary N) is 1. The molecule has 1 aliphatic carbocycles. The molecule has 6 nitrogen and oxygen atoms in total. The Kier molecular flexibility index (Phi) is 5.60. The second kappa shape index (κ2) is 8.47. The SMILES string of the molecule is O=C(Cc1ccc(N2CCCC2=O)cc1)OC(C(=O)NC1CC1)c1ccccc1. The zero-order valence-electron chi connectivity index (χ0n) is 16.2. The molecule has 1 saturated carbocycles. The van der Waals surface area contributed by atoms with Crippen LogP contribution in [0.25, 0.3) is 0 Å². The first-order valence-corrected chi connectivity index (χ1v) is 10.0. The van der Waals surface area contributed by atoms with E-state index in [1.54, 1.807) is 17.0 Å². The van der Waals surface area contributed by atoms with Crippen molar-refractivity contribution in [2.45, 2.75) is 44.2 Å². The van der Waals surface area contributed by atoms with Crippen molar-refractivity contribution in [1.82, 2.24) is 5.32 Å². The van der Waals surface area contributed by atoms with Gasteiger partial charge in [0.1, 0.15) is 0 Å². The first kappa shape index (κ1) is 19.2. The van der Waals surface area contributed by atoms with Crippen LogP contribution >= 0.6 is 0 Å². The van der Waals surface area contributed by atoms with Gasteiger partial charge in [-0.3, -0.25) is 14.4 Å². The summed E-state index contributed by atoms with van der Waals surface area (Å²) in [4.78, 5) is 38.7. The van der Waals surface area contributed by atoms with Crippen LogP contribution in [-0.2, 0) is 25.5 Å². The summed E-state index contributed by atoms with van der Waals surface area (Å²) in [6, 6.07) is 16.6. The van der Waals surface area contributed by atoms with Crippen LogP contribution in [0.15, 0.2) is 54.6 Å². The van der Waals surface area contributed by atoms with Gasteiger partial charge in [0.25, 0.3) is 5.91 Å². The summed E-state index contributed by atoms with van der Waals surface area (Å²) in [6.45, 7) is 0.731. The van der Waals surface area contributed by atoms with Crippen LogP contribution in [0.1, 0.15) is 42.9 Å². The highest BCUT2D eigenvalue weighted by Gasteiger charge is 2.30. The Hall–Kier alpha value is -3.15. The van der Waals surface area contributed by atoms with E-state index in [2.05, 4.69) is 5.32 Å². The van der Waals surface area contributed by atoms with Crippen molar-refractivity contribution in [2.24, 2.45) is 0 Å². The normalized spacial score (nSPS) is 17.1. The van der Waals surface area contributed by atoms with Crippen molar-refractivity contribution < 1.29 is 19.1 Å². The summed E-state index contributed by atoms with van der Waals surface area (Å²) in [5, 5.41) is 2.91. The number of benzene rings is 2. The lowest BCUT2D eigenvalue weighted by atomic mass is 10.1. The fourth-order valence-corrected chi connectivity index (χ4v) is 3.46. The molecule has 1 N–H and O–H groups in total. The summed E-state index contributed by atoms with van der Waals surface area (Å²) in [5.41, 5.74) is 2.28. The summed E-state index contributed by atoms with van der Waals surface area (Å²) in [6.07, 6.45) is 2.49. The molecule has 2 amide bonds. The Morgan fingerprint density at radius 3 is 2.41 bits per heavy atom. The van der Waals surface area contributed by atoms with Crippen molar-refractivity contribution >= 4 is 23.5 Å². The number of hydrogen-bond acceptors (Lipinski definition) is 4. The third kappa shape index (κ3) is 4.83. The highest BCUT2D eigenvalue weighted by molar-refractivity contribution is 5.95. The Balaban J connectivity index is 1.41. The molecule has 1 aliphatic heterocycles. The molecule has 0 radical (unpaired) electrons. The van der Waals surface area contributed by atoms with Gasteiger partial charge in [-0.05, 0) is 37.0 Å². The van der Waals surface area contributed by atoms with Crippen LogP contribution < -0.4 is 10.2 Å². The minimum absolute atomic E-state index is 0.0638. The fraction of sp³-hybridized carbons (Fsp3) is 0.348. The third-order valence-corrected chi connectivity index (χ3v) is 5.18. The van der Waals surface area contributed by atoms with Crippen molar-refractivity contribution in [2.75, 3.05) is 11.4 Å². The molecule has 2 aromatic carbocycles. The lowest BCUT2D eigenvalue weighted by Crippen LogP contribution is -2.33. The molecule has 2 aromatic rings. The molecule has 0 aromatic heterocycles. The number of carbonyl (C=O) groups excluding carboxylic acids is 3. The molecular weight excluding hydrogens is 368 g/mol. The molecule has 2 fully saturated rings. The van der Waals surface area contributed by atoms with Crippen LogP contribution in [0.4, 0.5) is 5.69 Å². The smallest absolute Gasteiger partial charge is 0.311 e. The predicted molar refractivity (Wildman–Crippen MR) is 108 cm³/mol. The molecule has 4 rings (SSSR count). The van der Waals surface area contributed by atoms with Gasteiger partial charge in [-0.15, -0.1) is 0 Å². The van der Waals surface area contributed by atoms with Gasteiger partial charge in [0, 0.05) is 30.3 Å². The number of hydrogen-bond donors (Lipinski definition) is 1. The van der Waals surface area contributed by atoms with Crippen molar-refractivity contribution in [3.63, 3.8) is 0 Å². The number of carbonyl (C=O) groups is 3. The van der Waals surface area contributed by atoms with Gasteiger partial charge >= 0.3 is 5.97 Å². The van der Waals surface area contributed by atoms with E-state index in [4.69, 9.17) is 4.74 Å². The number of esters is 1. The van der Waals surface area contributed by atoms with E-state index in [0.717, 1.165) is 37.1 Å². The second-order valence-electron chi connectivity index (χ2n) is 7.56. The van der Waals surface area contributed by atoms with Crippen molar-refractivity contribution in [1.29, 1.82) is 0 Å². The average Bonchev–Trinajstić information content (AvgIpc) is 3.44. The average molecular weight is 392 g/mol. The van der Waals surface area contributed by atoms with E-state index in [0.29, 0.717) is 12.0 Å². The minimum atomic E-state index is -0.953. The molecule has 0 spiro atoms. The Labute approximate surface area is 169 Å². The molecule has 150 valence electrons. The Morgan fingerprint density at radius 1 is 1.07 bits per heavy atom. The maximum absolute atomic E-state index is 12.6. The van der Waals surface area contributed by atoms with Gasteiger partial charge in [0.2, 0.25) is 12.0 Å². The topological polar surface area (TPSA) is 75.7 Å². The minimum Gasteiger partial charge on any atom is -0.447 e. The number of amides is 2. The van der Waals surface area contributed by atoms with Gasteiger partial charge in [0.05, 0.1) is 6.42 Å². The standard InChI is InChI=1S/C23H24N2O4/c26-20-7-4-14-25(20)19-12-8-16(9-13-19)15-21(27)29-22(17-5-2-1-3-6-17)23(28)24-18-10-11-18/h1-3,5-6,8-9,12-13,18,22H,4,7,10-11,14-15H2,(H,24,28). The van der Waals surface area contributed by atoms with Crippen molar-refractivity contribution in [3.05, 3.63) is 65.7 Å². The Morgan fingerprint density at radius 2 is 1.79 bits per heavy atom. The molecule has 1 unspecified atom stereocenters. The third-order valence-electron chi connectivity index (χ3n) is 5.18. The number of anilines is 1. The van der Waals surface area contributed by atoms with E-state index < -0.39 is 12.1 Å². The zero-order chi connectivity index (χ0) is 20.2. The highest BCUT2D eigenvalue weighted by Crippen LogP contribution is 2.24. The largest absolute Gasteiger partial charge is 0.447 e. The van der Waals surface area contributed by atoms with Gasteiger partial charge < -0.3 is 15.0 Å². The number of ether oxygens (including phenoxy) is 1. The number of rotatable bonds is 7. The maximum atomic E-state index is 12.6. The van der Waals surface area contributed by atoms with E-state index >= 15 is 0 Å². The summed E-state index contributed by atoms with van der Waals surface area (Å²) < 4.78 is 5.56. The zero-order valence-corrected chi connectivity index (χ0v) is 16.2. The van der Waals surface area contributed by atoms with E-state index in [9.17, 15) is 14.4 Å². The molecule has 6 heteroatoms. The lowest BCUT2D eigenvalue weighted by Gasteiger charge is -2.18. The first-order valence-electron chi connectivity index (χ1n) is 10.0. The van der Waals surface area contributed by atoms with Crippen LogP contribution in [0.3, 0.4) is 0 Å². The molecule has 0 bridgehead atoms. The first-order chi connectivity index (χ1) is 14.1. The summed E-state index contributed by atoms with van der Waals surface area (Å²) in [7, 11) is 0. The second-order valence-corrected chi connectivity index (χ2v) is 7.56. The van der Waals surface area contributed by atoms with Gasteiger partial charge in [-0.2, -0.15) is 0 Å². The van der Waals surface area contributed by atoms with Crippen LogP contribution in [0.5, 0.6) is 0 Å². The van der Waals surface area contributed by atoms with Gasteiger partial charge in [0.15, 0.2) is 0 Å². The molecule has 29 heavy (non-hydrogen) atoms. The Bertz CT molecular complexity index is 891. The monoisotopic (exact) mass is 392 g/mol. The highest BCUT2D eigenvalue weighted by atomic mass is 16.5. The quantitative estimate of drug-likeness (QED) is 0.735. The van der Waals surface area contributed by atoms with Crippen LogP contribution in [-0.4, -0.2) is 30.4 Å². The lowest BCUT2D eigenvalue weighted by molar-refractivity contribution is -0.156. The van der Waals surface area contributed by atoms with Gasteiger partial charge in [-0.1, -0.05) is 42.5 Å². The van der Waals surface area contributed by atoms with Gasteiger partial charge in [-0.25, -0.2) is 0 Å². The number of nitrogens with zero attached hydrogens (tertiary/aromatic N) is 1. The van der Waals surface area contributed by atoms with Crippen LogP contribution in [0, 0.1) is 0 Å². The summed E-state index contributed by atoms with van der Waals surface area (Å²) in [5.74, 6) is -0.616. The van der Waals surface area contributed by atoms with Crippen LogP contribution in [0.2, 0.25) is 0 Å². The predicted octanol–water partition coefficient (Wildman–Crippen LogP) is 2.92.